The molecule has 1 heterocycles. The number of carboxylic acids is 1. The molecule has 0 bridgehead atoms. The van der Waals surface area contributed by atoms with Crippen LogP contribution in [0.2, 0.25) is 0 Å². The fourth-order valence-electron chi connectivity index (χ4n) is 16.0. The number of carbonyl (C=O) groups is 3. The number of hydrogen-bond donors (Lipinski definition) is 2. The standard InChI is InChI=1S/C50H79FN2O6/c1-10-58-42(56)49(43(57)59-11-2)26-29-53(30-27-49)31-28-52-50-23-16-35(33(3)4)40(50)37-12-13-39-45(7)19-17-36(34-14-21-48(32-51,22-15-34)41(54)55)44(5,6)38(45)18-20-47(39,9)46(37,8)24-25-50/h14,17,33,35,37-40,52H,10-13,15-16,18-32H2,1-9H3,(H,54,55)/t35-,37+,38-,39+,40+,45-,46+,47+,48+,50-/m0/s1. The maximum absolute atomic E-state index is 14.0. The van der Waals surface area contributed by atoms with Gasteiger partial charge in [0.15, 0.2) is 5.41 Å². The molecule has 0 aromatic rings. The highest BCUT2D eigenvalue weighted by Gasteiger charge is 2.70. The Kier molecular flexibility index (Phi) is 12.2. The first kappa shape index (κ1) is 44.8. The second kappa shape index (κ2) is 16.1. The molecule has 1 aliphatic heterocycles. The third kappa shape index (κ3) is 6.90. The van der Waals surface area contributed by atoms with E-state index in [0.29, 0.717) is 74.3 Å². The van der Waals surface area contributed by atoms with Gasteiger partial charge < -0.3 is 24.8 Å². The number of nitrogens with one attached hydrogen (secondary N) is 1. The fraction of sp³-hybridized carbons (Fsp3) is 0.860. The van der Waals surface area contributed by atoms with Crippen LogP contribution in [0.4, 0.5) is 4.39 Å². The molecule has 7 aliphatic rings. The molecule has 332 valence electrons. The van der Waals surface area contributed by atoms with Gasteiger partial charge in [0.1, 0.15) is 6.67 Å². The molecular formula is C50H79FN2O6. The molecule has 59 heavy (non-hydrogen) atoms. The maximum atomic E-state index is 14.0. The van der Waals surface area contributed by atoms with E-state index in [2.05, 4.69) is 70.8 Å². The molecule has 2 N–H and O–H groups in total. The Morgan fingerprint density at radius 3 is 2.08 bits per heavy atom. The highest BCUT2D eigenvalue weighted by Crippen LogP contribution is 2.76. The van der Waals surface area contributed by atoms with Crippen molar-refractivity contribution in [1.82, 2.24) is 10.2 Å². The topological polar surface area (TPSA) is 105 Å². The largest absolute Gasteiger partial charge is 0.481 e. The van der Waals surface area contributed by atoms with Crippen molar-refractivity contribution in [3.8, 4) is 0 Å². The monoisotopic (exact) mass is 823 g/mol. The number of ether oxygens (including phenoxy) is 2. The van der Waals surface area contributed by atoms with Gasteiger partial charge in [0.05, 0.1) is 18.6 Å². The molecule has 7 rings (SSSR count). The third-order valence-corrected chi connectivity index (χ3v) is 19.5. The number of allylic oxidation sites excluding steroid dienone is 4. The second-order valence-corrected chi connectivity index (χ2v) is 22.3. The Morgan fingerprint density at radius 2 is 1.51 bits per heavy atom. The Hall–Kier alpha value is -2.26. The number of nitrogens with zero attached hydrogens (tertiary/aromatic N) is 1. The Morgan fingerprint density at radius 1 is 0.831 bits per heavy atom. The first-order valence-electron chi connectivity index (χ1n) is 23.9. The molecule has 9 heteroatoms. The second-order valence-electron chi connectivity index (χ2n) is 22.3. The Bertz CT molecular complexity index is 1660. The van der Waals surface area contributed by atoms with E-state index >= 15 is 0 Å². The molecule has 0 aromatic heterocycles. The molecule has 10 atom stereocenters. The summed E-state index contributed by atoms with van der Waals surface area (Å²) < 4.78 is 24.8. The summed E-state index contributed by atoms with van der Waals surface area (Å²) in [6.45, 7) is 24.4. The predicted octanol–water partition coefficient (Wildman–Crippen LogP) is 9.96. The SMILES string of the molecule is CCOC(=O)C1(C(=O)OCC)CCN(CCN[C@]23CC[C@@H](C(C)C)[C@@H]2[C@H]2CC[C@@H]4[C@@]5(C)CC=C(C6=CC[C@@](CF)(C(=O)O)CC6)C(C)(C)[C@@H]5CC[C@@]4(C)[C@]2(C)CC3)CC1. The Labute approximate surface area is 355 Å². The van der Waals surface area contributed by atoms with E-state index in [1.807, 2.05) is 0 Å². The van der Waals surface area contributed by atoms with Crippen LogP contribution in [-0.2, 0) is 23.9 Å². The molecule has 5 fully saturated rings. The lowest BCUT2D eigenvalue weighted by Crippen LogP contribution is -2.68. The van der Waals surface area contributed by atoms with Gasteiger partial charge in [-0.25, -0.2) is 4.39 Å². The molecule has 0 aromatic carbocycles. The average Bonchev–Trinajstić information content (AvgIpc) is 3.58. The van der Waals surface area contributed by atoms with Crippen LogP contribution in [-0.4, -0.2) is 79.5 Å². The van der Waals surface area contributed by atoms with Gasteiger partial charge in [0.2, 0.25) is 0 Å². The molecule has 0 unspecified atom stereocenters. The number of esters is 2. The smallest absolute Gasteiger partial charge is 0.323 e. The van der Waals surface area contributed by atoms with Gasteiger partial charge in [-0.05, 0) is 185 Å². The molecule has 8 nitrogen and oxygen atoms in total. The number of alkyl halides is 1. The quantitative estimate of drug-likeness (QED) is 0.148. The molecule has 0 spiro atoms. The van der Waals surface area contributed by atoms with Gasteiger partial charge in [-0.3, -0.25) is 14.4 Å². The van der Waals surface area contributed by atoms with E-state index in [0.717, 1.165) is 19.5 Å². The van der Waals surface area contributed by atoms with E-state index in [4.69, 9.17) is 9.47 Å². The van der Waals surface area contributed by atoms with Gasteiger partial charge in [0, 0.05) is 18.6 Å². The number of likely N-dealkylation sites (tertiary alicyclic amines) is 1. The first-order chi connectivity index (χ1) is 27.8. The molecule has 0 radical (unpaired) electrons. The van der Waals surface area contributed by atoms with Crippen LogP contribution < -0.4 is 5.32 Å². The van der Waals surface area contributed by atoms with Crippen LogP contribution >= 0.6 is 0 Å². The lowest BCUT2D eigenvalue weighted by Gasteiger charge is -2.72. The Balaban J connectivity index is 1.07. The molecule has 4 saturated carbocycles. The fourth-order valence-corrected chi connectivity index (χ4v) is 16.0. The van der Waals surface area contributed by atoms with E-state index < -0.39 is 35.4 Å². The number of fused-ring (bicyclic) bond motifs is 7. The van der Waals surface area contributed by atoms with Crippen LogP contribution in [0.3, 0.4) is 0 Å². The average molecular weight is 823 g/mol. The van der Waals surface area contributed by atoms with Gasteiger partial charge in [-0.15, -0.1) is 0 Å². The maximum Gasteiger partial charge on any atom is 0.323 e. The van der Waals surface area contributed by atoms with Gasteiger partial charge in [0.25, 0.3) is 0 Å². The van der Waals surface area contributed by atoms with Gasteiger partial charge in [-0.1, -0.05) is 60.6 Å². The van der Waals surface area contributed by atoms with Crippen LogP contribution in [0.25, 0.3) is 0 Å². The van der Waals surface area contributed by atoms with Crippen molar-refractivity contribution in [1.29, 1.82) is 0 Å². The van der Waals surface area contributed by atoms with Crippen LogP contribution in [0.15, 0.2) is 23.3 Å². The zero-order valence-corrected chi connectivity index (χ0v) is 38.3. The minimum Gasteiger partial charge on any atom is -0.481 e. The zero-order valence-electron chi connectivity index (χ0n) is 38.3. The number of hydrogen-bond acceptors (Lipinski definition) is 7. The third-order valence-electron chi connectivity index (χ3n) is 19.5. The summed E-state index contributed by atoms with van der Waals surface area (Å²) in [6, 6.07) is 0. The minimum absolute atomic E-state index is 0.0236. The molecular weight excluding hydrogens is 744 g/mol. The van der Waals surface area contributed by atoms with Gasteiger partial charge in [-0.2, -0.15) is 0 Å². The number of aliphatic carboxylic acids is 1. The summed E-state index contributed by atoms with van der Waals surface area (Å²) in [7, 11) is 0. The lowest BCUT2D eigenvalue weighted by molar-refractivity contribution is -0.223. The summed E-state index contributed by atoms with van der Waals surface area (Å²) in [5, 5.41) is 14.2. The number of carboxylic acid groups (broad SMARTS) is 1. The zero-order chi connectivity index (χ0) is 42.8. The molecule has 6 aliphatic carbocycles. The highest BCUT2D eigenvalue weighted by molar-refractivity contribution is 6.00. The van der Waals surface area contributed by atoms with Crippen molar-refractivity contribution in [3.63, 3.8) is 0 Å². The van der Waals surface area contributed by atoms with E-state index in [1.165, 1.54) is 62.5 Å². The van der Waals surface area contributed by atoms with Crippen molar-refractivity contribution >= 4 is 17.9 Å². The lowest BCUT2D eigenvalue weighted by atomic mass is 9.32. The molecule has 1 saturated heterocycles. The van der Waals surface area contributed by atoms with E-state index in [-0.39, 0.29) is 46.8 Å². The summed E-state index contributed by atoms with van der Waals surface area (Å²) in [4.78, 5) is 40.6. The van der Waals surface area contributed by atoms with Gasteiger partial charge >= 0.3 is 17.9 Å². The number of piperidine rings is 1. The van der Waals surface area contributed by atoms with Crippen molar-refractivity contribution < 1.29 is 33.4 Å². The van der Waals surface area contributed by atoms with E-state index in [1.54, 1.807) is 13.8 Å². The van der Waals surface area contributed by atoms with Crippen LogP contribution in [0, 0.1) is 68.0 Å². The van der Waals surface area contributed by atoms with Crippen molar-refractivity contribution in [3.05, 3.63) is 23.3 Å². The summed E-state index contributed by atoms with van der Waals surface area (Å²) in [5.74, 6) is 2.03. The normalized spacial score (nSPS) is 41.4. The summed E-state index contributed by atoms with van der Waals surface area (Å²) >= 11 is 0. The van der Waals surface area contributed by atoms with Crippen LogP contribution in [0.5, 0.6) is 0 Å². The minimum atomic E-state index is -1.26. The van der Waals surface area contributed by atoms with E-state index in [9.17, 15) is 23.9 Å². The number of halogens is 1. The molecule has 0 amide bonds. The summed E-state index contributed by atoms with van der Waals surface area (Å²) in [5.41, 5.74) is 1.05. The highest BCUT2D eigenvalue weighted by atomic mass is 19.1. The number of rotatable bonds is 12. The first-order valence-corrected chi connectivity index (χ1v) is 23.9. The number of carbonyl (C=O) groups excluding carboxylic acids is 2. The summed E-state index contributed by atoms with van der Waals surface area (Å²) in [6.07, 6.45) is 18.0. The van der Waals surface area contributed by atoms with Crippen molar-refractivity contribution in [2.45, 2.75) is 158 Å². The van der Waals surface area contributed by atoms with Crippen LogP contribution in [0.1, 0.15) is 152 Å². The predicted molar refractivity (Wildman–Crippen MR) is 230 cm³/mol. The van der Waals surface area contributed by atoms with Crippen molar-refractivity contribution in [2.75, 3.05) is 46.1 Å². The van der Waals surface area contributed by atoms with Crippen molar-refractivity contribution in [2.24, 2.45) is 68.0 Å².